The van der Waals surface area contributed by atoms with Crippen LogP contribution in [0.1, 0.15) is 52.9 Å². The molecule has 1 heterocycles. The molecule has 0 radical (unpaired) electrons. The highest BCUT2D eigenvalue weighted by atomic mass is 35.5. The van der Waals surface area contributed by atoms with Crippen molar-refractivity contribution < 1.29 is 4.79 Å². The van der Waals surface area contributed by atoms with Crippen molar-refractivity contribution in [2.24, 2.45) is 11.8 Å². The molecule has 1 aliphatic heterocycles. The van der Waals surface area contributed by atoms with Crippen molar-refractivity contribution in [3.8, 4) is 0 Å². The molecule has 1 aliphatic carbocycles. The zero-order valence-corrected chi connectivity index (χ0v) is 13.3. The first kappa shape index (κ1) is 16.8. The van der Waals surface area contributed by atoms with Crippen molar-refractivity contribution in [3.63, 3.8) is 0 Å². The minimum Gasteiger partial charge on any atom is -0.337 e. The van der Waals surface area contributed by atoms with E-state index in [0.717, 1.165) is 31.8 Å². The van der Waals surface area contributed by atoms with Crippen LogP contribution in [0.3, 0.4) is 0 Å². The number of nitrogens with zero attached hydrogens (tertiary/aromatic N) is 1. The second-order valence-electron chi connectivity index (χ2n) is 6.27. The summed E-state index contributed by atoms with van der Waals surface area (Å²) in [6, 6.07) is 0.801. The summed E-state index contributed by atoms with van der Waals surface area (Å²) in [5.74, 6) is 1.60. The summed E-state index contributed by atoms with van der Waals surface area (Å²) in [5.41, 5.74) is 0. The average Bonchev–Trinajstić information content (AvgIpc) is 2.41. The molecule has 1 N–H and O–H groups in total. The summed E-state index contributed by atoms with van der Waals surface area (Å²) < 4.78 is 0. The molecule has 2 aliphatic rings. The van der Waals surface area contributed by atoms with E-state index in [9.17, 15) is 4.79 Å². The Morgan fingerprint density at radius 1 is 1.21 bits per heavy atom. The Kier molecular flexibility index (Phi) is 6.61. The minimum absolute atomic E-state index is 0. The lowest BCUT2D eigenvalue weighted by atomic mass is 9.80. The molecule has 1 amide bonds. The molecule has 4 heteroatoms. The lowest BCUT2D eigenvalue weighted by molar-refractivity contribution is -0.140. The van der Waals surface area contributed by atoms with Gasteiger partial charge in [-0.1, -0.05) is 13.3 Å². The third kappa shape index (κ3) is 4.09. The number of piperazine rings is 1. The maximum absolute atomic E-state index is 12.6. The van der Waals surface area contributed by atoms with E-state index < -0.39 is 0 Å². The van der Waals surface area contributed by atoms with Gasteiger partial charge in [0, 0.05) is 31.1 Å². The van der Waals surface area contributed by atoms with Gasteiger partial charge >= 0.3 is 0 Å². The van der Waals surface area contributed by atoms with Crippen molar-refractivity contribution in [1.82, 2.24) is 10.2 Å². The molecule has 2 atom stereocenters. The zero-order chi connectivity index (χ0) is 13.1. The number of halogens is 1. The van der Waals surface area contributed by atoms with Gasteiger partial charge in [0.15, 0.2) is 0 Å². The van der Waals surface area contributed by atoms with E-state index in [4.69, 9.17) is 0 Å². The molecule has 0 aromatic rings. The monoisotopic (exact) mass is 288 g/mol. The number of rotatable bonds is 2. The quantitative estimate of drug-likeness (QED) is 0.847. The normalized spacial score (nSPS) is 35.6. The molecule has 112 valence electrons. The van der Waals surface area contributed by atoms with Gasteiger partial charge in [0.2, 0.25) is 5.91 Å². The number of amides is 1. The molecule has 0 bridgehead atoms. The molecular weight excluding hydrogens is 260 g/mol. The van der Waals surface area contributed by atoms with Crippen LogP contribution in [-0.2, 0) is 4.79 Å². The van der Waals surface area contributed by atoms with Crippen LogP contribution in [-0.4, -0.2) is 36.0 Å². The smallest absolute Gasteiger partial charge is 0.226 e. The first-order valence-electron chi connectivity index (χ1n) is 7.65. The Hall–Kier alpha value is -0.280. The van der Waals surface area contributed by atoms with Gasteiger partial charge in [0.1, 0.15) is 0 Å². The Morgan fingerprint density at radius 3 is 2.42 bits per heavy atom. The third-order valence-electron chi connectivity index (χ3n) is 4.82. The molecule has 3 nitrogen and oxygen atoms in total. The molecule has 0 aromatic carbocycles. The molecule has 19 heavy (non-hydrogen) atoms. The minimum atomic E-state index is 0. The Labute approximate surface area is 123 Å². The second kappa shape index (κ2) is 7.49. The summed E-state index contributed by atoms with van der Waals surface area (Å²) in [5, 5.41) is 3.44. The fourth-order valence-electron chi connectivity index (χ4n) is 3.38. The van der Waals surface area contributed by atoms with Gasteiger partial charge in [-0.3, -0.25) is 4.79 Å². The molecule has 2 rings (SSSR count). The van der Waals surface area contributed by atoms with Crippen LogP contribution in [0.4, 0.5) is 0 Å². The Balaban J connectivity index is 0.00000180. The van der Waals surface area contributed by atoms with Crippen LogP contribution in [0, 0.1) is 11.8 Å². The van der Waals surface area contributed by atoms with Crippen molar-refractivity contribution >= 4 is 18.3 Å². The molecule has 2 unspecified atom stereocenters. The van der Waals surface area contributed by atoms with E-state index in [-0.39, 0.29) is 12.4 Å². The Morgan fingerprint density at radius 2 is 1.84 bits per heavy atom. The van der Waals surface area contributed by atoms with E-state index in [0.29, 0.717) is 23.9 Å². The maximum atomic E-state index is 12.6. The lowest BCUT2D eigenvalue weighted by Crippen LogP contribution is -2.57. The van der Waals surface area contributed by atoms with Crippen LogP contribution < -0.4 is 5.32 Å². The van der Waals surface area contributed by atoms with E-state index in [1.54, 1.807) is 0 Å². The van der Waals surface area contributed by atoms with Gasteiger partial charge in [-0.2, -0.15) is 0 Å². The number of hydrogen-bond acceptors (Lipinski definition) is 2. The molecule has 2 fully saturated rings. The summed E-state index contributed by atoms with van der Waals surface area (Å²) in [4.78, 5) is 14.7. The van der Waals surface area contributed by atoms with Crippen LogP contribution >= 0.6 is 12.4 Å². The van der Waals surface area contributed by atoms with E-state index in [1.165, 1.54) is 19.3 Å². The van der Waals surface area contributed by atoms with Crippen molar-refractivity contribution in [2.45, 2.75) is 65.0 Å². The standard InChI is InChI=1S/C15H28N2O.ClH/c1-4-13-5-7-14(8-6-13)15(18)17-10-11(2)16-9-12(17)3;/h11-14,16H,4-10H2,1-3H3;1H. The molecule has 0 spiro atoms. The van der Waals surface area contributed by atoms with Gasteiger partial charge in [0.25, 0.3) is 0 Å². The summed E-state index contributed by atoms with van der Waals surface area (Å²) in [6.07, 6.45) is 6.01. The molecule has 1 saturated carbocycles. The predicted molar refractivity (Wildman–Crippen MR) is 81.6 cm³/mol. The number of carbonyl (C=O) groups excluding carboxylic acids is 1. The topological polar surface area (TPSA) is 32.3 Å². The summed E-state index contributed by atoms with van der Waals surface area (Å²) >= 11 is 0. The number of carbonyl (C=O) groups is 1. The third-order valence-corrected chi connectivity index (χ3v) is 4.82. The first-order chi connectivity index (χ1) is 8.61. The van der Waals surface area contributed by atoms with Crippen LogP contribution in [0.15, 0.2) is 0 Å². The lowest BCUT2D eigenvalue weighted by Gasteiger charge is -2.40. The van der Waals surface area contributed by atoms with Crippen LogP contribution in [0.2, 0.25) is 0 Å². The number of hydrogen-bond donors (Lipinski definition) is 1. The maximum Gasteiger partial charge on any atom is 0.226 e. The van der Waals surface area contributed by atoms with E-state index >= 15 is 0 Å². The van der Waals surface area contributed by atoms with Gasteiger partial charge in [0.05, 0.1) is 0 Å². The SMILES string of the molecule is CCC1CCC(C(=O)N2CC(C)NCC2C)CC1.Cl. The van der Waals surface area contributed by atoms with Crippen LogP contribution in [0.5, 0.6) is 0 Å². The van der Waals surface area contributed by atoms with Crippen molar-refractivity contribution in [2.75, 3.05) is 13.1 Å². The molecular formula is C15H29ClN2O. The first-order valence-corrected chi connectivity index (χ1v) is 7.65. The van der Waals surface area contributed by atoms with Gasteiger partial charge in [-0.25, -0.2) is 0 Å². The van der Waals surface area contributed by atoms with Crippen molar-refractivity contribution in [3.05, 3.63) is 0 Å². The zero-order valence-electron chi connectivity index (χ0n) is 12.5. The second-order valence-corrected chi connectivity index (χ2v) is 6.27. The highest BCUT2D eigenvalue weighted by Crippen LogP contribution is 2.32. The van der Waals surface area contributed by atoms with Crippen LogP contribution in [0.25, 0.3) is 0 Å². The molecule has 1 saturated heterocycles. The van der Waals surface area contributed by atoms with Gasteiger partial charge < -0.3 is 10.2 Å². The van der Waals surface area contributed by atoms with E-state index in [1.807, 2.05) is 0 Å². The fourth-order valence-corrected chi connectivity index (χ4v) is 3.38. The summed E-state index contributed by atoms with van der Waals surface area (Å²) in [7, 11) is 0. The van der Waals surface area contributed by atoms with Gasteiger partial charge in [-0.15, -0.1) is 12.4 Å². The average molecular weight is 289 g/mol. The van der Waals surface area contributed by atoms with Gasteiger partial charge in [-0.05, 0) is 45.4 Å². The number of nitrogens with one attached hydrogen (secondary N) is 1. The fraction of sp³-hybridized carbons (Fsp3) is 0.933. The predicted octanol–water partition coefficient (Wildman–Crippen LogP) is 2.83. The highest BCUT2D eigenvalue weighted by Gasteiger charge is 2.33. The molecule has 0 aromatic heterocycles. The largest absolute Gasteiger partial charge is 0.337 e. The van der Waals surface area contributed by atoms with Crippen molar-refractivity contribution in [1.29, 1.82) is 0 Å². The Bertz CT molecular complexity index is 290. The highest BCUT2D eigenvalue weighted by molar-refractivity contribution is 5.85. The van der Waals surface area contributed by atoms with E-state index in [2.05, 4.69) is 31.0 Å². The summed E-state index contributed by atoms with van der Waals surface area (Å²) in [6.45, 7) is 8.42.